The minimum Gasteiger partial charge on any atom is -0.463 e. The van der Waals surface area contributed by atoms with E-state index in [-0.39, 0.29) is 16.5 Å². The maximum Gasteiger partial charge on any atom is 0.251 e. The Labute approximate surface area is 129 Å². The molecule has 112 valence electrons. The summed E-state index contributed by atoms with van der Waals surface area (Å²) in [5.41, 5.74) is 6.22. The van der Waals surface area contributed by atoms with E-state index in [9.17, 15) is 9.59 Å². The number of aromatic nitrogens is 2. The summed E-state index contributed by atoms with van der Waals surface area (Å²) < 4.78 is 6.81. The number of furan rings is 1. The fourth-order valence-electron chi connectivity index (χ4n) is 2.11. The number of hydrogen-bond donors (Lipinski definition) is 1. The monoisotopic (exact) mass is 315 g/mol. The number of pyridine rings is 1. The number of carbonyl (C=O) groups excluding carboxylic acids is 1. The van der Waals surface area contributed by atoms with Crippen LogP contribution in [0.3, 0.4) is 0 Å². The third-order valence-corrected chi connectivity index (χ3v) is 4.09. The molecule has 22 heavy (non-hydrogen) atoms. The van der Waals surface area contributed by atoms with E-state index >= 15 is 0 Å². The molecule has 3 heterocycles. The van der Waals surface area contributed by atoms with Crippen LogP contribution in [0.4, 0.5) is 5.13 Å². The van der Waals surface area contributed by atoms with Crippen molar-refractivity contribution in [3.8, 4) is 11.5 Å². The van der Waals surface area contributed by atoms with Crippen LogP contribution in [-0.2, 0) is 6.54 Å². The Balaban J connectivity index is 2.06. The molecule has 0 unspecified atom stereocenters. The minimum absolute atomic E-state index is 0.217. The van der Waals surface area contributed by atoms with Crippen LogP contribution in [0.5, 0.6) is 0 Å². The zero-order chi connectivity index (χ0) is 15.7. The summed E-state index contributed by atoms with van der Waals surface area (Å²) >= 11 is 1.08. The van der Waals surface area contributed by atoms with Gasteiger partial charge in [0.1, 0.15) is 10.6 Å². The van der Waals surface area contributed by atoms with Crippen molar-refractivity contribution in [2.45, 2.75) is 13.5 Å². The van der Waals surface area contributed by atoms with E-state index in [1.165, 1.54) is 16.9 Å². The summed E-state index contributed by atoms with van der Waals surface area (Å²) in [6.45, 7) is 2.42. The number of nitrogens with two attached hydrogens (primary N) is 1. The fourth-order valence-corrected chi connectivity index (χ4v) is 2.91. The molecule has 0 saturated heterocycles. The molecule has 0 bridgehead atoms. The van der Waals surface area contributed by atoms with Crippen molar-refractivity contribution in [3.05, 3.63) is 57.5 Å². The number of nitrogens with zero attached hydrogens (tertiary/aromatic N) is 2. The maximum atomic E-state index is 12.7. The summed E-state index contributed by atoms with van der Waals surface area (Å²) in [5, 5.41) is 0.275. The molecular formula is C15H13N3O3S. The number of nitrogen functional groups attached to an aromatic ring is 1. The highest BCUT2D eigenvalue weighted by Crippen LogP contribution is 2.31. The number of hydrogen-bond acceptors (Lipinski definition) is 6. The largest absolute Gasteiger partial charge is 0.463 e. The van der Waals surface area contributed by atoms with Crippen LogP contribution in [-0.4, -0.2) is 15.3 Å². The molecule has 6 nitrogen and oxygen atoms in total. The second-order valence-electron chi connectivity index (χ2n) is 4.58. The molecule has 0 saturated carbocycles. The van der Waals surface area contributed by atoms with Gasteiger partial charge in [0.2, 0.25) is 5.78 Å². The van der Waals surface area contributed by atoms with E-state index in [4.69, 9.17) is 10.2 Å². The van der Waals surface area contributed by atoms with Gasteiger partial charge in [-0.05, 0) is 25.1 Å². The van der Waals surface area contributed by atoms with Gasteiger partial charge in [-0.25, -0.2) is 4.98 Å². The number of rotatable bonds is 4. The van der Waals surface area contributed by atoms with Crippen LogP contribution in [0.1, 0.15) is 22.2 Å². The molecule has 2 N–H and O–H groups in total. The van der Waals surface area contributed by atoms with E-state index < -0.39 is 0 Å². The molecule has 0 fully saturated rings. The fraction of sp³-hybridized carbons (Fsp3) is 0.133. The number of thiazole rings is 1. The first-order valence-corrected chi connectivity index (χ1v) is 7.47. The summed E-state index contributed by atoms with van der Waals surface area (Å²) in [5.74, 6) is 0.180. The molecule has 0 aliphatic heterocycles. The topological polar surface area (TPSA) is 91.1 Å². The maximum absolute atomic E-state index is 12.7. The molecular weight excluding hydrogens is 302 g/mol. The van der Waals surface area contributed by atoms with Crippen LogP contribution < -0.4 is 11.3 Å². The van der Waals surface area contributed by atoms with Gasteiger partial charge in [-0.3, -0.25) is 9.59 Å². The number of carbonyl (C=O) groups is 1. The highest BCUT2D eigenvalue weighted by molar-refractivity contribution is 7.18. The van der Waals surface area contributed by atoms with Crippen LogP contribution in [0.15, 0.2) is 45.9 Å². The van der Waals surface area contributed by atoms with E-state index in [2.05, 4.69) is 4.98 Å². The van der Waals surface area contributed by atoms with Gasteiger partial charge in [0, 0.05) is 24.4 Å². The quantitative estimate of drug-likeness (QED) is 0.746. The van der Waals surface area contributed by atoms with E-state index in [1.807, 2.05) is 6.92 Å². The minimum atomic E-state index is -0.291. The number of anilines is 1. The lowest BCUT2D eigenvalue weighted by Gasteiger charge is -2.03. The molecule has 0 aliphatic carbocycles. The van der Waals surface area contributed by atoms with Gasteiger partial charge in [0.15, 0.2) is 10.9 Å². The van der Waals surface area contributed by atoms with Crippen molar-refractivity contribution >= 4 is 22.3 Å². The van der Waals surface area contributed by atoms with Gasteiger partial charge in [-0.1, -0.05) is 11.3 Å². The van der Waals surface area contributed by atoms with Gasteiger partial charge in [0.25, 0.3) is 5.56 Å². The predicted octanol–water partition coefficient (Wildman–Crippen LogP) is 2.40. The Morgan fingerprint density at radius 1 is 1.45 bits per heavy atom. The van der Waals surface area contributed by atoms with Crippen molar-refractivity contribution in [2.24, 2.45) is 0 Å². The smallest absolute Gasteiger partial charge is 0.251 e. The lowest BCUT2D eigenvalue weighted by molar-refractivity contribution is 0.104. The van der Waals surface area contributed by atoms with Gasteiger partial charge < -0.3 is 14.7 Å². The van der Waals surface area contributed by atoms with Crippen LogP contribution in [0.25, 0.3) is 11.5 Å². The van der Waals surface area contributed by atoms with E-state index in [0.29, 0.717) is 28.4 Å². The third-order valence-electron chi connectivity index (χ3n) is 3.20. The molecule has 3 aromatic heterocycles. The zero-order valence-electron chi connectivity index (χ0n) is 11.8. The highest BCUT2D eigenvalue weighted by atomic mass is 32.1. The Kier molecular flexibility index (Phi) is 3.64. The van der Waals surface area contributed by atoms with Gasteiger partial charge in [-0.2, -0.15) is 0 Å². The molecule has 0 spiro atoms. The molecule has 0 radical (unpaired) electrons. The lowest BCUT2D eigenvalue weighted by atomic mass is 10.1. The van der Waals surface area contributed by atoms with Crippen molar-refractivity contribution in [1.29, 1.82) is 0 Å². The highest BCUT2D eigenvalue weighted by Gasteiger charge is 2.22. The SMILES string of the molecule is CCn1ccc(C(=O)c2sc(N)nc2-c2ccco2)cc1=O. The molecule has 0 amide bonds. The van der Waals surface area contributed by atoms with Gasteiger partial charge in [-0.15, -0.1) is 0 Å². The average Bonchev–Trinajstić information content (AvgIpc) is 3.15. The molecule has 0 aliphatic rings. The van der Waals surface area contributed by atoms with Crippen molar-refractivity contribution in [1.82, 2.24) is 9.55 Å². The van der Waals surface area contributed by atoms with Gasteiger partial charge in [0.05, 0.1) is 6.26 Å². The Morgan fingerprint density at radius 2 is 2.27 bits per heavy atom. The molecule has 0 atom stereocenters. The Bertz CT molecular complexity index is 878. The van der Waals surface area contributed by atoms with Crippen molar-refractivity contribution in [2.75, 3.05) is 5.73 Å². The summed E-state index contributed by atoms with van der Waals surface area (Å²) in [7, 11) is 0. The van der Waals surface area contributed by atoms with Crippen LogP contribution in [0.2, 0.25) is 0 Å². The second-order valence-corrected chi connectivity index (χ2v) is 5.61. The number of ketones is 1. The lowest BCUT2D eigenvalue weighted by Crippen LogP contribution is -2.19. The normalized spacial score (nSPS) is 10.8. The number of aryl methyl sites for hydroxylation is 1. The zero-order valence-corrected chi connectivity index (χ0v) is 12.6. The Morgan fingerprint density at radius 3 is 2.91 bits per heavy atom. The summed E-state index contributed by atoms with van der Waals surface area (Å²) in [4.78, 5) is 29.0. The first-order valence-electron chi connectivity index (χ1n) is 6.65. The summed E-state index contributed by atoms with van der Waals surface area (Å²) in [6.07, 6.45) is 3.11. The molecule has 0 aromatic carbocycles. The molecule has 7 heteroatoms. The first kappa shape index (κ1) is 14.3. The van der Waals surface area contributed by atoms with Gasteiger partial charge >= 0.3 is 0 Å². The standard InChI is InChI=1S/C15H13N3O3S/c1-2-18-6-5-9(8-11(18)19)13(20)14-12(17-15(16)22-14)10-4-3-7-21-10/h3-8H,2H2,1H3,(H2,16,17). The van der Waals surface area contributed by atoms with E-state index in [1.54, 1.807) is 24.4 Å². The first-order chi connectivity index (χ1) is 10.6. The third kappa shape index (κ3) is 2.46. The van der Waals surface area contributed by atoms with E-state index in [0.717, 1.165) is 11.3 Å². The molecule has 3 aromatic rings. The molecule has 3 rings (SSSR count). The van der Waals surface area contributed by atoms with Crippen molar-refractivity contribution < 1.29 is 9.21 Å². The Hall–Kier alpha value is -2.67. The van der Waals surface area contributed by atoms with Crippen molar-refractivity contribution in [3.63, 3.8) is 0 Å². The predicted molar refractivity (Wildman–Crippen MR) is 84.0 cm³/mol. The second kappa shape index (κ2) is 5.61. The summed E-state index contributed by atoms with van der Waals surface area (Å²) in [6, 6.07) is 6.37. The van der Waals surface area contributed by atoms with Crippen LogP contribution in [0, 0.1) is 0 Å². The van der Waals surface area contributed by atoms with Crippen LogP contribution >= 0.6 is 11.3 Å². The average molecular weight is 315 g/mol.